The van der Waals surface area contributed by atoms with Gasteiger partial charge >= 0.3 is 0 Å². The van der Waals surface area contributed by atoms with Gasteiger partial charge in [-0.25, -0.2) is 15.0 Å². The highest BCUT2D eigenvalue weighted by atomic mass is 16.1. The molecule has 9 heteroatoms. The van der Waals surface area contributed by atoms with E-state index in [1.54, 1.807) is 24.3 Å². The van der Waals surface area contributed by atoms with Gasteiger partial charge in [0.1, 0.15) is 11.6 Å². The van der Waals surface area contributed by atoms with Crippen molar-refractivity contribution >= 4 is 61.1 Å². The summed E-state index contributed by atoms with van der Waals surface area (Å²) in [5.41, 5.74) is 22.4. The Balaban J connectivity index is 0.000000275. The zero-order valence-corrected chi connectivity index (χ0v) is 59.6. The average molecular weight is 1360 g/mol. The molecule has 0 radical (unpaired) electrons. The Bertz CT molecular complexity index is 4540. The molecule has 101 heavy (non-hydrogen) atoms. The van der Waals surface area contributed by atoms with E-state index < -0.39 is 0 Å². The summed E-state index contributed by atoms with van der Waals surface area (Å²) in [6.07, 6.45) is 1.47. The number of fused-ring (bicyclic) bond motifs is 5. The van der Waals surface area contributed by atoms with Gasteiger partial charge in [-0.15, -0.1) is 0 Å². The van der Waals surface area contributed by atoms with E-state index in [4.69, 9.17) is 15.0 Å². The van der Waals surface area contributed by atoms with E-state index in [0.29, 0.717) is 46.3 Å². The summed E-state index contributed by atoms with van der Waals surface area (Å²) in [6, 6.07) is 71.2. The highest BCUT2D eigenvalue weighted by molar-refractivity contribution is 6.24. The molecule has 0 bridgehead atoms. The molecule has 0 saturated carbocycles. The maximum atomic E-state index is 12.0. The minimum absolute atomic E-state index is 0. The van der Waals surface area contributed by atoms with Gasteiger partial charge in [0.2, 0.25) is 0 Å². The van der Waals surface area contributed by atoms with Gasteiger partial charge in [0.05, 0.1) is 33.1 Å². The molecular weight excluding hydrogens is 1240 g/mol. The molecule has 9 nitrogen and oxygen atoms in total. The molecule has 4 heterocycles. The molecule has 0 unspecified atom stereocenters. The van der Waals surface area contributed by atoms with Crippen LogP contribution in [0.5, 0.6) is 0 Å². The maximum Gasteiger partial charge on any atom is 0.190 e. The Morgan fingerprint density at radius 1 is 0.386 bits per heavy atom. The molecule has 1 aliphatic heterocycles. The van der Waals surface area contributed by atoms with Gasteiger partial charge in [-0.1, -0.05) is 289 Å². The monoisotopic (exact) mass is 1350 g/mol. The number of benzene rings is 9. The third-order valence-corrected chi connectivity index (χ3v) is 18.0. The number of hydrogen-bond acceptors (Lipinski definition) is 7. The first-order valence-corrected chi connectivity index (χ1v) is 34.4. The van der Waals surface area contributed by atoms with Crippen molar-refractivity contribution in [1.29, 1.82) is 0 Å². The predicted molar refractivity (Wildman–Crippen MR) is 441 cm³/mol. The lowest BCUT2D eigenvalue weighted by Gasteiger charge is -2.34. The fraction of sp³-hybridized carbons (Fsp3) is 0.337. The lowest BCUT2D eigenvalue weighted by atomic mass is 9.85. The van der Waals surface area contributed by atoms with Crippen molar-refractivity contribution in [3.63, 3.8) is 0 Å². The van der Waals surface area contributed by atoms with E-state index in [2.05, 4.69) is 287 Å². The number of nitrogens with zero attached hydrogens (tertiary/aromatic N) is 5. The number of Topliss-reactive ketones (excluding diaryl/α,β-unsaturated/α-hetero) is 1. The molecule has 1 aliphatic carbocycles. The zero-order chi connectivity index (χ0) is 68.7. The van der Waals surface area contributed by atoms with Crippen LogP contribution >= 0.6 is 0 Å². The first-order valence-electron chi connectivity index (χ1n) is 34.4. The number of hydrogen-bond donors (Lipinski definition) is 2. The summed E-state index contributed by atoms with van der Waals surface area (Å²) in [4.78, 5) is 50.0. The molecule has 1 fully saturated rings. The van der Waals surface area contributed by atoms with Crippen LogP contribution in [0.15, 0.2) is 218 Å². The number of aromatic nitrogens is 5. The number of ketones is 2. The molecule has 534 valence electrons. The number of aromatic amines is 2. The van der Waals surface area contributed by atoms with Gasteiger partial charge in [0.15, 0.2) is 11.6 Å². The average Bonchev–Trinajstić information content (AvgIpc) is 1.38. The molecule has 12 aromatic rings. The largest absolute Gasteiger partial charge is 0.369 e. The molecule has 0 amide bonds. The van der Waals surface area contributed by atoms with E-state index in [9.17, 15) is 9.59 Å². The molecule has 14 rings (SSSR count). The molecule has 2 N–H and O–H groups in total. The summed E-state index contributed by atoms with van der Waals surface area (Å²) < 4.78 is 0. The van der Waals surface area contributed by atoms with Crippen molar-refractivity contribution < 1.29 is 9.59 Å². The van der Waals surface area contributed by atoms with E-state index in [1.807, 2.05) is 26.0 Å². The second-order valence-corrected chi connectivity index (χ2v) is 27.5. The number of nitrogens with one attached hydrogen (secondary N) is 2. The van der Waals surface area contributed by atoms with Crippen molar-refractivity contribution in [2.75, 3.05) is 38.1 Å². The quantitative estimate of drug-likeness (QED) is 0.139. The van der Waals surface area contributed by atoms with Crippen LogP contribution in [0.1, 0.15) is 215 Å². The SMILES string of the molecule is C.C.C.C.C.CC(C)C1=CC(=O)c2ccccc2C1=O.CC(C)c1c2ccccc2nc2ccccc12.CC(C)c1ccc(-c2nc3ccc(-c4nc5ccc(N6CCN(C)CC6)cc5[nH]4)cc3[nH]2)cc1.Cc1ccc(C(C)C)cc1.Cc1cccc(C(C)C)c1.Cc1ccccc1C(C)C. The third kappa shape index (κ3) is 21.7. The van der Waals surface area contributed by atoms with Crippen LogP contribution in [0, 0.1) is 26.7 Å². The number of imidazole rings is 2. The lowest BCUT2D eigenvalue weighted by Crippen LogP contribution is -2.44. The standard InChI is InChI=1S/C28H30N6.C16H15N.C13H12O2.3C10H14.5CH4/c1-18(2)19-4-6-20(7-5-19)27-29-23-10-8-21(16-25(23)31-27)28-30-24-11-9-22(17-26(24)32-28)34-14-12-33(3)13-15-34;1-11(2)16-12-7-3-5-9-14(12)17-15-10-6-4-8-13(15)16;1-8(2)11-7-12(14)9-5-3-4-6-10(9)13(11)15;1-8(2)10-6-4-9(3)5-7-10;1-8(2)10-6-4-5-9(3)7-10;1-8(2)10-7-5-4-6-9(10)3;;;;;/h4-11,16-18H,12-15H2,1-3H3,(H,29,31)(H,30,32);3-11H,1-2H3;3-8H,1-2H3;3*4-8H,1-3H3;5*1H4. The van der Waals surface area contributed by atoms with Crippen LogP contribution in [0.2, 0.25) is 0 Å². The molecule has 9 aromatic carbocycles. The number of H-pyrrole nitrogens is 2. The zero-order valence-electron chi connectivity index (χ0n) is 59.6. The molecule has 1 saturated heterocycles. The minimum atomic E-state index is -0.0612. The van der Waals surface area contributed by atoms with Crippen LogP contribution in [0.25, 0.3) is 66.6 Å². The van der Waals surface area contributed by atoms with Crippen LogP contribution < -0.4 is 4.90 Å². The highest BCUT2D eigenvalue weighted by Gasteiger charge is 2.26. The highest BCUT2D eigenvalue weighted by Crippen LogP contribution is 2.33. The number of aryl methyl sites for hydroxylation is 3. The second kappa shape index (κ2) is 38.9. The molecule has 0 spiro atoms. The molecule has 3 aromatic heterocycles. The van der Waals surface area contributed by atoms with Gasteiger partial charge in [-0.2, -0.15) is 0 Å². The predicted octanol–water partition coefficient (Wildman–Crippen LogP) is 25.3. The number of rotatable bonds is 9. The Morgan fingerprint density at radius 2 is 0.871 bits per heavy atom. The number of anilines is 1. The number of piperazine rings is 1. The number of carbonyl (C=O) groups is 2. The van der Waals surface area contributed by atoms with Crippen molar-refractivity contribution in [2.24, 2.45) is 5.92 Å². The number of para-hydroxylation sites is 2. The Morgan fingerprint density at radius 3 is 1.38 bits per heavy atom. The normalized spacial score (nSPS) is 12.4. The van der Waals surface area contributed by atoms with Crippen molar-refractivity contribution in [3.05, 3.63) is 274 Å². The first-order chi connectivity index (χ1) is 46.0. The van der Waals surface area contributed by atoms with E-state index in [1.165, 1.54) is 67.0 Å². The van der Waals surface area contributed by atoms with E-state index in [0.717, 1.165) is 82.1 Å². The second-order valence-electron chi connectivity index (χ2n) is 27.5. The summed E-state index contributed by atoms with van der Waals surface area (Å²) in [6.45, 7) is 36.8. The van der Waals surface area contributed by atoms with Crippen LogP contribution in [-0.4, -0.2) is 74.6 Å². The first kappa shape index (κ1) is 83.8. The van der Waals surface area contributed by atoms with Crippen LogP contribution in [-0.2, 0) is 0 Å². The maximum absolute atomic E-state index is 12.0. The smallest absolute Gasteiger partial charge is 0.190 e. The van der Waals surface area contributed by atoms with Gasteiger partial charge in [-0.3, -0.25) is 9.59 Å². The Labute approximate surface area is 608 Å². The molecule has 2 aliphatic rings. The van der Waals surface area contributed by atoms with Gasteiger partial charge in [-0.05, 0) is 151 Å². The van der Waals surface area contributed by atoms with E-state index >= 15 is 0 Å². The summed E-state index contributed by atoms with van der Waals surface area (Å²) in [5.74, 6) is 4.78. The summed E-state index contributed by atoms with van der Waals surface area (Å²) in [7, 11) is 2.18. The Hall–Kier alpha value is -9.57. The molecular formula is C92H119N7O2. The number of allylic oxidation sites excluding steroid dienone is 2. The third-order valence-electron chi connectivity index (χ3n) is 18.0. The molecule has 0 atom stereocenters. The summed E-state index contributed by atoms with van der Waals surface area (Å²) >= 11 is 0. The minimum Gasteiger partial charge on any atom is -0.369 e. The number of carbonyl (C=O) groups excluding carboxylic acids is 2. The van der Waals surface area contributed by atoms with Crippen molar-refractivity contribution in [1.82, 2.24) is 29.8 Å². The fourth-order valence-corrected chi connectivity index (χ4v) is 12.2. The van der Waals surface area contributed by atoms with E-state index in [-0.39, 0.29) is 54.6 Å². The number of pyridine rings is 1. The van der Waals surface area contributed by atoms with Gasteiger partial charge in [0, 0.05) is 70.5 Å². The summed E-state index contributed by atoms with van der Waals surface area (Å²) in [5, 5.41) is 2.56. The Kier molecular flexibility index (Phi) is 32.3. The van der Waals surface area contributed by atoms with Crippen molar-refractivity contribution in [3.8, 4) is 22.8 Å². The van der Waals surface area contributed by atoms with Crippen LogP contribution in [0.4, 0.5) is 5.69 Å². The lowest BCUT2D eigenvalue weighted by molar-refractivity contribution is 0.0977. The van der Waals surface area contributed by atoms with Gasteiger partial charge < -0.3 is 19.8 Å². The topological polar surface area (TPSA) is 111 Å². The van der Waals surface area contributed by atoms with Crippen LogP contribution in [0.3, 0.4) is 0 Å². The number of likely N-dealkylation sites (N-methyl/N-ethyl adjacent to an activating group) is 1. The van der Waals surface area contributed by atoms with Gasteiger partial charge in [0.25, 0.3) is 0 Å². The fourth-order valence-electron chi connectivity index (χ4n) is 12.2. The van der Waals surface area contributed by atoms with Crippen molar-refractivity contribution in [2.45, 2.75) is 171 Å².